The Morgan fingerprint density at radius 3 is 0.923 bits per heavy atom. The van der Waals surface area contributed by atoms with Gasteiger partial charge in [0.1, 0.15) is 0 Å². The van der Waals surface area contributed by atoms with E-state index >= 15 is 0 Å². The van der Waals surface area contributed by atoms with Crippen molar-refractivity contribution in [3.05, 3.63) is 0 Å². The van der Waals surface area contributed by atoms with E-state index in [9.17, 15) is 0 Å². The molecular formula is C7H31N5O. The van der Waals surface area contributed by atoms with Crippen LogP contribution in [0.4, 0.5) is 0 Å². The molecule has 0 atom stereocenters. The molecule has 0 aromatic heterocycles. The number of nitrogens with one attached hydrogen (secondary N) is 1. The average molecular weight is 201 g/mol. The van der Waals surface area contributed by atoms with Crippen molar-refractivity contribution >= 4 is 0 Å². The minimum absolute atomic E-state index is 0. The number of aliphatic hydroxyl groups is 1. The number of nitrogens with two attached hydrogens (primary N) is 1. The van der Waals surface area contributed by atoms with E-state index in [0.717, 1.165) is 7.11 Å². The quantitative estimate of drug-likeness (QED) is 0.360. The minimum atomic E-state index is 0. The summed E-state index contributed by atoms with van der Waals surface area (Å²) < 4.78 is 0. The monoisotopic (exact) mass is 201 g/mol. The first-order valence-electron chi connectivity index (χ1n) is 3.37. The Kier molecular flexibility index (Phi) is 286. The lowest BCUT2D eigenvalue weighted by molar-refractivity contribution is 0.399. The molecule has 0 rings (SSSR count). The van der Waals surface area contributed by atoms with Gasteiger partial charge in [0, 0.05) is 7.11 Å². The zero-order chi connectivity index (χ0) is 10.3. The normalized spacial score (nSPS) is 5.08. The number of hydrogen-bond acceptors (Lipinski definition) is 6. The Hall–Kier alpha value is -0.240. The highest BCUT2D eigenvalue weighted by molar-refractivity contribution is 4.09. The van der Waals surface area contributed by atoms with Crippen molar-refractivity contribution < 1.29 is 5.11 Å². The Balaban J connectivity index is -0.0000000125. The van der Waals surface area contributed by atoms with Crippen molar-refractivity contribution in [3.8, 4) is 0 Å². The smallest absolute Gasteiger partial charge is 0.0319 e. The maximum atomic E-state index is 7.00. The molecule has 0 heterocycles. The molecule has 0 saturated heterocycles. The van der Waals surface area contributed by atoms with Gasteiger partial charge in [-0.1, -0.05) is 0 Å². The summed E-state index contributed by atoms with van der Waals surface area (Å²) in [6, 6.07) is 0. The van der Waals surface area contributed by atoms with E-state index in [1.54, 1.807) is 0 Å². The van der Waals surface area contributed by atoms with E-state index in [0.29, 0.717) is 0 Å². The fourth-order valence-electron chi connectivity index (χ4n) is 0. The zero-order valence-electron chi connectivity index (χ0n) is 10.4. The summed E-state index contributed by atoms with van der Waals surface area (Å²) in [6.45, 7) is 0. The Labute approximate surface area is 83.7 Å². The molecule has 0 fully saturated rings. The van der Waals surface area contributed by atoms with Crippen LogP contribution in [0, 0.1) is 0 Å². The number of hydrogen-bond donors (Lipinski definition) is 5. The first kappa shape index (κ1) is 38.6. The number of nitrogens with zero attached hydrogens (tertiary/aromatic N) is 1. The topological polar surface area (TPSA) is 132 Å². The third kappa shape index (κ3) is 19400. The van der Waals surface area contributed by atoms with Crippen molar-refractivity contribution in [2.24, 2.45) is 5.73 Å². The van der Waals surface area contributed by atoms with Gasteiger partial charge in [0.15, 0.2) is 0 Å². The SMILES string of the molecule is CN.CN(C)C.CNC.CO.N.N. The standard InChI is InChI=1S/C3H9N.C2H7N.CH5N.CH4O.2H3N/c1-4(2)3;1-3-2;2*1-2;;/h1-3H3;3H,1-2H3;2H2,1H3;2H,1H3;2*1H3. The molecule has 0 saturated carbocycles. The summed E-state index contributed by atoms with van der Waals surface area (Å²) in [7, 11) is 12.2. The van der Waals surface area contributed by atoms with Crippen molar-refractivity contribution in [1.82, 2.24) is 22.5 Å². The maximum absolute atomic E-state index is 7.00. The van der Waals surface area contributed by atoms with Crippen LogP contribution >= 0.6 is 0 Å². The molecule has 0 amide bonds. The van der Waals surface area contributed by atoms with Crippen LogP contribution in [0.5, 0.6) is 0 Å². The summed E-state index contributed by atoms with van der Waals surface area (Å²) >= 11 is 0. The van der Waals surface area contributed by atoms with E-state index in [4.69, 9.17) is 5.11 Å². The second-order valence-corrected chi connectivity index (χ2v) is 1.84. The molecule has 0 aliphatic carbocycles. The van der Waals surface area contributed by atoms with E-state index in [-0.39, 0.29) is 12.3 Å². The fourth-order valence-corrected chi connectivity index (χ4v) is 0. The second-order valence-electron chi connectivity index (χ2n) is 1.84. The third-order valence-corrected chi connectivity index (χ3v) is 0. The molecule has 6 nitrogen and oxygen atoms in total. The molecule has 90 valence electrons. The van der Waals surface area contributed by atoms with Crippen LogP contribution < -0.4 is 23.4 Å². The minimum Gasteiger partial charge on any atom is -0.400 e. The molecule has 10 N–H and O–H groups in total. The molecule has 0 aromatic carbocycles. The number of aliphatic hydroxyl groups excluding tert-OH is 1. The van der Waals surface area contributed by atoms with Gasteiger partial charge < -0.3 is 33.4 Å². The van der Waals surface area contributed by atoms with Crippen molar-refractivity contribution in [1.29, 1.82) is 0 Å². The Morgan fingerprint density at radius 1 is 0.923 bits per heavy atom. The molecule has 0 aliphatic rings. The predicted molar refractivity (Wildman–Crippen MR) is 62.9 cm³/mol. The van der Waals surface area contributed by atoms with Gasteiger partial charge in [-0.05, 0) is 42.3 Å². The van der Waals surface area contributed by atoms with Gasteiger partial charge in [0.25, 0.3) is 0 Å². The van der Waals surface area contributed by atoms with Crippen LogP contribution in [0.2, 0.25) is 0 Å². The van der Waals surface area contributed by atoms with Gasteiger partial charge in [-0.15, -0.1) is 0 Å². The second kappa shape index (κ2) is 96.3. The van der Waals surface area contributed by atoms with Crippen LogP contribution in [0.25, 0.3) is 0 Å². The van der Waals surface area contributed by atoms with Crippen LogP contribution in [-0.2, 0) is 0 Å². The first-order valence-corrected chi connectivity index (χ1v) is 3.37. The van der Waals surface area contributed by atoms with Gasteiger partial charge >= 0.3 is 0 Å². The molecule has 6 heteroatoms. The van der Waals surface area contributed by atoms with E-state index in [2.05, 4.69) is 11.1 Å². The molecule has 0 bridgehead atoms. The van der Waals surface area contributed by atoms with Crippen LogP contribution in [-0.4, -0.2) is 59.4 Å². The van der Waals surface area contributed by atoms with Gasteiger partial charge in [-0.2, -0.15) is 0 Å². The lowest BCUT2D eigenvalue weighted by atomic mass is 11.0. The Bertz CT molecular complexity index is 28.1. The van der Waals surface area contributed by atoms with E-state index < -0.39 is 0 Å². The highest BCUT2D eigenvalue weighted by atomic mass is 16.2. The highest BCUT2D eigenvalue weighted by Crippen LogP contribution is 1.47. The molecule has 13 heavy (non-hydrogen) atoms. The van der Waals surface area contributed by atoms with Gasteiger partial charge in [0.05, 0.1) is 0 Å². The lowest BCUT2D eigenvalue weighted by Gasteiger charge is -1.90. The van der Waals surface area contributed by atoms with E-state index in [1.807, 2.05) is 40.1 Å². The van der Waals surface area contributed by atoms with Crippen molar-refractivity contribution in [2.45, 2.75) is 0 Å². The fraction of sp³-hybridized carbons (Fsp3) is 1.00. The van der Waals surface area contributed by atoms with E-state index in [1.165, 1.54) is 7.05 Å². The van der Waals surface area contributed by atoms with Crippen molar-refractivity contribution in [3.63, 3.8) is 0 Å². The summed E-state index contributed by atoms with van der Waals surface area (Å²) in [5.41, 5.74) is 4.50. The van der Waals surface area contributed by atoms with Gasteiger partial charge in [0.2, 0.25) is 0 Å². The maximum Gasteiger partial charge on any atom is 0.0319 e. The van der Waals surface area contributed by atoms with Crippen molar-refractivity contribution in [2.75, 3.05) is 49.4 Å². The van der Waals surface area contributed by atoms with Crippen LogP contribution in [0.1, 0.15) is 0 Å². The lowest BCUT2D eigenvalue weighted by Crippen LogP contribution is -1.99. The molecule has 0 unspecified atom stereocenters. The number of rotatable bonds is 0. The summed E-state index contributed by atoms with van der Waals surface area (Å²) in [6.07, 6.45) is 0. The average Bonchev–Trinajstić information content (AvgIpc) is 1.96. The first-order chi connectivity index (χ1) is 5.15. The van der Waals surface area contributed by atoms with Crippen LogP contribution in [0.15, 0.2) is 0 Å². The largest absolute Gasteiger partial charge is 0.400 e. The van der Waals surface area contributed by atoms with Crippen LogP contribution in [0.3, 0.4) is 0 Å². The molecule has 0 aliphatic heterocycles. The molecular weight excluding hydrogens is 170 g/mol. The van der Waals surface area contributed by atoms with Gasteiger partial charge in [-0.25, -0.2) is 0 Å². The third-order valence-electron chi connectivity index (χ3n) is 0. The molecule has 0 radical (unpaired) electrons. The predicted octanol–water partition coefficient (Wildman–Crippen LogP) is -0.479. The summed E-state index contributed by atoms with van der Waals surface area (Å²) in [5.74, 6) is 0. The Morgan fingerprint density at radius 2 is 0.923 bits per heavy atom. The highest BCUT2D eigenvalue weighted by Gasteiger charge is 1.58. The summed E-state index contributed by atoms with van der Waals surface area (Å²) in [4.78, 5) is 2.00. The molecule has 0 aromatic rings. The summed E-state index contributed by atoms with van der Waals surface area (Å²) in [5, 5.41) is 9.75. The zero-order valence-corrected chi connectivity index (χ0v) is 10.4. The van der Waals surface area contributed by atoms with Gasteiger partial charge in [-0.3, -0.25) is 0 Å². The molecule has 0 spiro atoms.